The van der Waals surface area contributed by atoms with Crippen LogP contribution in [-0.4, -0.2) is 5.84 Å². The Morgan fingerprint density at radius 1 is 0.786 bits per heavy atom. The number of nitrogens with one attached hydrogen (secondary N) is 1. The summed E-state index contributed by atoms with van der Waals surface area (Å²) in [5, 5.41) is 6.43. The normalized spacial score (nSPS) is 12.2. The molecule has 0 aliphatic carbocycles. The van der Waals surface area contributed by atoms with E-state index in [-0.39, 0.29) is 5.41 Å². The van der Waals surface area contributed by atoms with Gasteiger partial charge in [-0.25, -0.2) is 4.99 Å². The molecule has 0 spiro atoms. The van der Waals surface area contributed by atoms with Crippen molar-refractivity contribution < 1.29 is 0 Å². The van der Waals surface area contributed by atoms with Crippen molar-refractivity contribution in [3.8, 4) is 0 Å². The van der Waals surface area contributed by atoms with Gasteiger partial charge in [0.25, 0.3) is 0 Å². The molecule has 0 fully saturated rings. The highest BCUT2D eigenvalue weighted by Gasteiger charge is 2.24. The molecule has 0 radical (unpaired) electrons. The smallest absolute Gasteiger partial charge is 0.111 e. The summed E-state index contributed by atoms with van der Waals surface area (Å²) >= 11 is 0. The zero-order valence-electron chi connectivity index (χ0n) is 17.2. The fourth-order valence-electron chi connectivity index (χ4n) is 2.94. The standard InChI is InChI=1S/C25H29N2P/c1-5-20-14-12-13-19-23(20)26-24(25(2,3)4)27-28(21-15-8-6-9-16-21)22-17-10-7-11-18-22/h6-19H,5H2,1-4H3,(H,26,27). The first-order valence-electron chi connectivity index (χ1n) is 9.83. The van der Waals surface area contributed by atoms with Gasteiger partial charge in [-0.3, -0.25) is 0 Å². The van der Waals surface area contributed by atoms with Crippen LogP contribution in [0, 0.1) is 5.41 Å². The molecule has 0 unspecified atom stereocenters. The molecule has 144 valence electrons. The number of amidine groups is 1. The van der Waals surface area contributed by atoms with Crippen molar-refractivity contribution in [2.75, 3.05) is 0 Å². The number of benzene rings is 3. The zero-order chi connectivity index (χ0) is 20.0. The van der Waals surface area contributed by atoms with Gasteiger partial charge in [-0.1, -0.05) is 107 Å². The first-order chi connectivity index (χ1) is 13.5. The first-order valence-corrected chi connectivity index (χ1v) is 11.2. The number of rotatable bonds is 5. The molecule has 3 aromatic rings. The Hall–Kier alpha value is -2.44. The lowest BCUT2D eigenvalue weighted by Gasteiger charge is -2.29. The van der Waals surface area contributed by atoms with Crippen molar-refractivity contribution in [1.82, 2.24) is 5.09 Å². The number of aliphatic imine (C=N–C) groups is 1. The van der Waals surface area contributed by atoms with Gasteiger partial charge in [-0.05, 0) is 18.1 Å². The molecule has 0 heterocycles. The van der Waals surface area contributed by atoms with Crippen LogP contribution < -0.4 is 15.7 Å². The summed E-state index contributed by atoms with van der Waals surface area (Å²) in [7, 11) is -0.745. The molecule has 0 bridgehead atoms. The van der Waals surface area contributed by atoms with Crippen molar-refractivity contribution in [3.63, 3.8) is 0 Å². The molecule has 3 aromatic carbocycles. The topological polar surface area (TPSA) is 24.4 Å². The molecule has 0 aromatic heterocycles. The Morgan fingerprint density at radius 2 is 1.29 bits per heavy atom. The Morgan fingerprint density at radius 3 is 1.79 bits per heavy atom. The molecule has 3 heteroatoms. The van der Waals surface area contributed by atoms with Crippen LogP contribution in [0.15, 0.2) is 89.9 Å². The number of para-hydroxylation sites is 1. The highest BCUT2D eigenvalue weighted by Crippen LogP contribution is 2.33. The largest absolute Gasteiger partial charge is 0.345 e. The van der Waals surface area contributed by atoms with Gasteiger partial charge in [0.05, 0.1) is 13.8 Å². The van der Waals surface area contributed by atoms with Crippen LogP contribution in [-0.2, 0) is 6.42 Å². The van der Waals surface area contributed by atoms with Crippen LogP contribution in [0.2, 0.25) is 0 Å². The van der Waals surface area contributed by atoms with E-state index in [1.165, 1.54) is 16.2 Å². The van der Waals surface area contributed by atoms with Gasteiger partial charge in [0, 0.05) is 16.0 Å². The third-order valence-corrected chi connectivity index (χ3v) is 6.63. The maximum absolute atomic E-state index is 5.11. The Kier molecular flexibility index (Phi) is 6.65. The van der Waals surface area contributed by atoms with E-state index >= 15 is 0 Å². The molecular formula is C25H29N2P. The van der Waals surface area contributed by atoms with Crippen LogP contribution in [0.4, 0.5) is 5.69 Å². The minimum atomic E-state index is -0.745. The average Bonchev–Trinajstić information content (AvgIpc) is 2.72. The molecular weight excluding hydrogens is 359 g/mol. The average molecular weight is 388 g/mol. The third-order valence-electron chi connectivity index (χ3n) is 4.56. The highest BCUT2D eigenvalue weighted by molar-refractivity contribution is 7.71. The molecule has 28 heavy (non-hydrogen) atoms. The summed E-state index contributed by atoms with van der Waals surface area (Å²) < 4.78 is 0. The van der Waals surface area contributed by atoms with E-state index in [0.29, 0.717) is 0 Å². The first kappa shape index (κ1) is 20.3. The van der Waals surface area contributed by atoms with Gasteiger partial charge in [0.2, 0.25) is 0 Å². The van der Waals surface area contributed by atoms with E-state index < -0.39 is 8.07 Å². The second-order valence-electron chi connectivity index (χ2n) is 7.81. The van der Waals surface area contributed by atoms with Gasteiger partial charge in [-0.2, -0.15) is 0 Å². The van der Waals surface area contributed by atoms with E-state index in [2.05, 4.69) is 118 Å². The van der Waals surface area contributed by atoms with E-state index in [0.717, 1.165) is 17.9 Å². The number of aryl methyl sites for hydroxylation is 1. The summed E-state index contributed by atoms with van der Waals surface area (Å²) in [6.07, 6.45) is 0.975. The van der Waals surface area contributed by atoms with E-state index in [1.807, 2.05) is 0 Å². The van der Waals surface area contributed by atoms with E-state index in [9.17, 15) is 0 Å². The predicted octanol–water partition coefficient (Wildman–Crippen LogP) is 5.96. The van der Waals surface area contributed by atoms with Crippen LogP contribution in [0.5, 0.6) is 0 Å². The summed E-state index contributed by atoms with van der Waals surface area (Å²) in [5.41, 5.74) is 2.23. The lowest BCUT2D eigenvalue weighted by Crippen LogP contribution is -2.36. The monoisotopic (exact) mass is 388 g/mol. The summed E-state index contributed by atoms with van der Waals surface area (Å²) in [5.74, 6) is 1.02. The van der Waals surface area contributed by atoms with Crippen LogP contribution in [0.1, 0.15) is 33.3 Å². The van der Waals surface area contributed by atoms with Crippen molar-refractivity contribution in [3.05, 3.63) is 90.5 Å². The van der Waals surface area contributed by atoms with Gasteiger partial charge >= 0.3 is 0 Å². The number of hydrogen-bond donors (Lipinski definition) is 1. The van der Waals surface area contributed by atoms with Crippen molar-refractivity contribution >= 4 is 30.2 Å². The fourth-order valence-corrected chi connectivity index (χ4v) is 5.03. The summed E-state index contributed by atoms with van der Waals surface area (Å²) in [6.45, 7) is 8.84. The van der Waals surface area contributed by atoms with Gasteiger partial charge in [-0.15, -0.1) is 0 Å². The maximum Gasteiger partial charge on any atom is 0.111 e. The summed E-state index contributed by atoms with van der Waals surface area (Å²) in [6, 6.07) is 29.8. The van der Waals surface area contributed by atoms with E-state index in [1.54, 1.807) is 0 Å². The van der Waals surface area contributed by atoms with Crippen molar-refractivity contribution in [2.24, 2.45) is 10.4 Å². The lowest BCUT2D eigenvalue weighted by molar-refractivity contribution is 0.580. The second kappa shape index (κ2) is 9.17. The summed E-state index contributed by atoms with van der Waals surface area (Å²) in [4.78, 5) is 5.11. The number of nitrogens with zero attached hydrogens (tertiary/aromatic N) is 1. The predicted molar refractivity (Wildman–Crippen MR) is 125 cm³/mol. The molecule has 0 saturated heterocycles. The quantitative estimate of drug-likeness (QED) is 0.325. The molecule has 0 saturated carbocycles. The molecule has 3 rings (SSSR count). The number of hydrogen-bond acceptors (Lipinski definition) is 1. The Balaban J connectivity index is 2.06. The molecule has 0 amide bonds. The minimum absolute atomic E-state index is 0.0923. The SMILES string of the molecule is CCc1ccccc1N=C(NP(c1ccccc1)c1ccccc1)C(C)(C)C. The fraction of sp³-hybridized carbons (Fsp3) is 0.240. The Labute approximate surface area is 170 Å². The van der Waals surface area contributed by atoms with Crippen molar-refractivity contribution in [2.45, 2.75) is 34.1 Å². The van der Waals surface area contributed by atoms with Crippen LogP contribution in [0.3, 0.4) is 0 Å². The molecule has 0 aliphatic heterocycles. The molecule has 0 atom stereocenters. The highest BCUT2D eigenvalue weighted by atomic mass is 31.1. The maximum atomic E-state index is 5.11. The molecule has 2 nitrogen and oxygen atoms in total. The van der Waals surface area contributed by atoms with Gasteiger partial charge in [0.15, 0.2) is 0 Å². The van der Waals surface area contributed by atoms with Crippen LogP contribution >= 0.6 is 8.07 Å². The van der Waals surface area contributed by atoms with Crippen LogP contribution in [0.25, 0.3) is 0 Å². The zero-order valence-corrected chi connectivity index (χ0v) is 18.1. The lowest BCUT2D eigenvalue weighted by atomic mass is 9.95. The van der Waals surface area contributed by atoms with Gasteiger partial charge in [0.1, 0.15) is 5.84 Å². The molecule has 1 N–H and O–H groups in total. The van der Waals surface area contributed by atoms with E-state index in [4.69, 9.17) is 4.99 Å². The third kappa shape index (κ3) is 5.09. The second-order valence-corrected chi connectivity index (χ2v) is 9.74. The molecule has 0 aliphatic rings. The minimum Gasteiger partial charge on any atom is -0.345 e. The van der Waals surface area contributed by atoms with Crippen molar-refractivity contribution in [1.29, 1.82) is 0 Å². The van der Waals surface area contributed by atoms with Gasteiger partial charge < -0.3 is 5.09 Å². The Bertz CT molecular complexity index is 873.